The van der Waals surface area contributed by atoms with E-state index in [2.05, 4.69) is 216 Å². The second-order valence-electron chi connectivity index (χ2n) is 15.2. The second-order valence-corrected chi connectivity index (χ2v) is 15.2. The number of aromatic nitrogens is 4. The van der Waals surface area contributed by atoms with Crippen LogP contribution in [0.3, 0.4) is 0 Å². The minimum atomic E-state index is 0.613. The van der Waals surface area contributed by atoms with E-state index in [0.29, 0.717) is 17.5 Å². The maximum absolute atomic E-state index is 5.31. The Kier molecular flexibility index (Phi) is 7.78. The highest BCUT2D eigenvalue weighted by Gasteiger charge is 2.26. The van der Waals surface area contributed by atoms with Crippen LogP contribution in [0.2, 0.25) is 0 Å². The summed E-state index contributed by atoms with van der Waals surface area (Å²) in [5, 5.41) is 4.73. The lowest BCUT2D eigenvalue weighted by molar-refractivity contribution is 1.08. The second kappa shape index (κ2) is 13.8. The molecule has 1 aliphatic heterocycles. The molecule has 0 radical (unpaired) electrons. The monoisotopic (exact) mass is 765 g/mol. The predicted octanol–water partition coefficient (Wildman–Crippen LogP) is 14.2. The summed E-state index contributed by atoms with van der Waals surface area (Å²) >= 11 is 0. The SMILES string of the molecule is c1ccc(-c2cccc(-c3nc(-c4ccc(N5c6ccccc6-c6cccc7cccc5c67)cc4)nc(-c4cccc5c4c4ccccc4n5-c4ccccc4)n3)c2)cc1. The molecule has 0 aliphatic carbocycles. The quantitative estimate of drug-likeness (QED) is 0.169. The Morgan fingerprint density at radius 1 is 0.317 bits per heavy atom. The van der Waals surface area contributed by atoms with Crippen LogP contribution < -0.4 is 4.90 Å². The van der Waals surface area contributed by atoms with Crippen LogP contribution in [0.1, 0.15) is 0 Å². The molecule has 3 heterocycles. The summed E-state index contributed by atoms with van der Waals surface area (Å²) in [6, 6.07) is 75.0. The van der Waals surface area contributed by atoms with Crippen molar-refractivity contribution in [1.29, 1.82) is 0 Å². The molecule has 1 aliphatic rings. The molecule has 0 N–H and O–H groups in total. The van der Waals surface area contributed by atoms with Gasteiger partial charge in [0, 0.05) is 49.8 Å². The van der Waals surface area contributed by atoms with Gasteiger partial charge in [-0.25, -0.2) is 15.0 Å². The number of nitrogens with zero attached hydrogens (tertiary/aromatic N) is 5. The van der Waals surface area contributed by atoms with Crippen molar-refractivity contribution in [1.82, 2.24) is 19.5 Å². The number of anilines is 3. The Labute approximate surface area is 347 Å². The van der Waals surface area contributed by atoms with Crippen molar-refractivity contribution in [3.63, 3.8) is 0 Å². The summed E-state index contributed by atoms with van der Waals surface area (Å²) in [6.45, 7) is 0. The van der Waals surface area contributed by atoms with Gasteiger partial charge in [-0.1, -0.05) is 146 Å². The fraction of sp³-hybridized carbons (Fsp3) is 0. The van der Waals surface area contributed by atoms with Crippen molar-refractivity contribution < 1.29 is 0 Å². The number of rotatable bonds is 6. The van der Waals surface area contributed by atoms with Crippen molar-refractivity contribution in [2.75, 3.05) is 4.90 Å². The number of hydrogen-bond acceptors (Lipinski definition) is 4. The third kappa shape index (κ3) is 5.44. The fourth-order valence-electron chi connectivity index (χ4n) is 9.08. The maximum atomic E-state index is 5.31. The molecule has 280 valence electrons. The molecule has 0 saturated heterocycles. The first-order chi connectivity index (χ1) is 29.8. The first-order valence-electron chi connectivity index (χ1n) is 20.3. The summed E-state index contributed by atoms with van der Waals surface area (Å²) in [5.41, 5.74) is 14.2. The molecule has 0 spiro atoms. The zero-order valence-corrected chi connectivity index (χ0v) is 32.4. The van der Waals surface area contributed by atoms with Crippen LogP contribution in [-0.4, -0.2) is 19.5 Å². The third-order valence-electron chi connectivity index (χ3n) is 11.8. The van der Waals surface area contributed by atoms with Gasteiger partial charge in [-0.3, -0.25) is 0 Å². The van der Waals surface area contributed by atoms with E-state index in [-0.39, 0.29) is 0 Å². The Morgan fingerprint density at radius 3 is 1.75 bits per heavy atom. The molecule has 0 saturated carbocycles. The Morgan fingerprint density at radius 2 is 0.900 bits per heavy atom. The van der Waals surface area contributed by atoms with Gasteiger partial charge < -0.3 is 9.47 Å². The van der Waals surface area contributed by atoms with Crippen LogP contribution in [0, 0.1) is 0 Å². The standard InChI is InChI=1S/C55H35N5/c1-3-15-36(16-4-1)39-19-11-20-40(35-39)54-56-53(57-55(58-54)46-26-14-30-50-52(46)45-24-8-10-28-48(45)59(50)41-21-5-2-6-22-41)38-31-33-42(34-32-38)60-47-27-9-7-23-43(47)44-25-12-17-37-18-13-29-49(60)51(37)44/h1-35H. The van der Waals surface area contributed by atoms with Gasteiger partial charge in [-0.2, -0.15) is 0 Å². The molecule has 9 aromatic carbocycles. The van der Waals surface area contributed by atoms with Gasteiger partial charge in [-0.15, -0.1) is 0 Å². The molecule has 2 aromatic heterocycles. The summed E-state index contributed by atoms with van der Waals surface area (Å²) in [4.78, 5) is 18.2. The largest absolute Gasteiger partial charge is 0.309 e. The highest BCUT2D eigenvalue weighted by atomic mass is 15.2. The minimum Gasteiger partial charge on any atom is -0.309 e. The van der Waals surface area contributed by atoms with Gasteiger partial charge in [0.25, 0.3) is 0 Å². The Hall–Kier alpha value is -8.15. The van der Waals surface area contributed by atoms with Crippen molar-refractivity contribution in [2.24, 2.45) is 0 Å². The molecule has 11 aromatic rings. The van der Waals surface area contributed by atoms with Gasteiger partial charge in [0.05, 0.1) is 22.4 Å². The topological polar surface area (TPSA) is 46.8 Å². The third-order valence-corrected chi connectivity index (χ3v) is 11.8. The Bertz CT molecular complexity index is 3420. The van der Waals surface area contributed by atoms with Crippen molar-refractivity contribution >= 4 is 49.6 Å². The molecule has 5 nitrogen and oxygen atoms in total. The summed E-state index contributed by atoms with van der Waals surface area (Å²) in [5.74, 6) is 1.86. The Balaban J connectivity index is 1.04. The zero-order valence-electron chi connectivity index (χ0n) is 32.4. The molecule has 60 heavy (non-hydrogen) atoms. The van der Waals surface area contributed by atoms with Crippen LogP contribution in [0.4, 0.5) is 17.1 Å². The molecule has 0 amide bonds. The summed E-state index contributed by atoms with van der Waals surface area (Å²) in [7, 11) is 0. The summed E-state index contributed by atoms with van der Waals surface area (Å²) < 4.78 is 2.33. The van der Waals surface area contributed by atoms with Gasteiger partial charge in [0.2, 0.25) is 0 Å². The fourth-order valence-corrected chi connectivity index (χ4v) is 9.08. The number of para-hydroxylation sites is 3. The van der Waals surface area contributed by atoms with E-state index in [0.717, 1.165) is 66.7 Å². The van der Waals surface area contributed by atoms with Crippen LogP contribution in [0.25, 0.3) is 94.7 Å². The molecule has 5 heteroatoms. The lowest BCUT2D eigenvalue weighted by Gasteiger charge is -2.33. The lowest BCUT2D eigenvalue weighted by atomic mass is 9.91. The van der Waals surface area contributed by atoms with Gasteiger partial charge in [0.1, 0.15) is 0 Å². The van der Waals surface area contributed by atoms with E-state index in [4.69, 9.17) is 15.0 Å². The molecular weight excluding hydrogens is 731 g/mol. The molecule has 0 unspecified atom stereocenters. The van der Waals surface area contributed by atoms with Crippen LogP contribution in [-0.2, 0) is 0 Å². The molecular formula is C55H35N5. The van der Waals surface area contributed by atoms with Crippen molar-refractivity contribution in [3.05, 3.63) is 212 Å². The van der Waals surface area contributed by atoms with Gasteiger partial charge in [0.15, 0.2) is 17.5 Å². The number of hydrogen-bond donors (Lipinski definition) is 0. The molecule has 0 fully saturated rings. The zero-order chi connectivity index (χ0) is 39.6. The number of fused-ring (bicyclic) bond motifs is 5. The lowest BCUT2D eigenvalue weighted by Crippen LogP contribution is -2.14. The molecule has 0 bridgehead atoms. The van der Waals surface area contributed by atoms with Gasteiger partial charge >= 0.3 is 0 Å². The average molecular weight is 766 g/mol. The first kappa shape index (κ1) is 33.9. The van der Waals surface area contributed by atoms with E-state index in [1.54, 1.807) is 0 Å². The van der Waals surface area contributed by atoms with E-state index in [1.807, 2.05) is 6.07 Å². The van der Waals surface area contributed by atoms with E-state index in [9.17, 15) is 0 Å². The van der Waals surface area contributed by atoms with E-state index >= 15 is 0 Å². The van der Waals surface area contributed by atoms with Crippen LogP contribution >= 0.6 is 0 Å². The predicted molar refractivity (Wildman–Crippen MR) is 247 cm³/mol. The minimum absolute atomic E-state index is 0.613. The average Bonchev–Trinajstić information content (AvgIpc) is 3.67. The van der Waals surface area contributed by atoms with Crippen molar-refractivity contribution in [2.45, 2.75) is 0 Å². The van der Waals surface area contributed by atoms with Crippen LogP contribution in [0.15, 0.2) is 212 Å². The van der Waals surface area contributed by atoms with Crippen LogP contribution in [0.5, 0.6) is 0 Å². The summed E-state index contributed by atoms with van der Waals surface area (Å²) in [6.07, 6.45) is 0. The highest BCUT2D eigenvalue weighted by molar-refractivity contribution is 6.16. The van der Waals surface area contributed by atoms with Crippen molar-refractivity contribution in [3.8, 4) is 62.1 Å². The van der Waals surface area contributed by atoms with Gasteiger partial charge in [-0.05, 0) is 88.8 Å². The highest BCUT2D eigenvalue weighted by Crippen LogP contribution is 2.51. The smallest absolute Gasteiger partial charge is 0.164 e. The normalized spacial score (nSPS) is 12.0. The maximum Gasteiger partial charge on any atom is 0.164 e. The number of benzene rings is 9. The van der Waals surface area contributed by atoms with E-state index in [1.165, 1.54) is 27.6 Å². The molecule has 0 atom stereocenters. The molecule has 12 rings (SSSR count). The van der Waals surface area contributed by atoms with E-state index < -0.39 is 0 Å². The first-order valence-corrected chi connectivity index (χ1v) is 20.3.